The van der Waals surface area contributed by atoms with Gasteiger partial charge in [0, 0.05) is 24.1 Å². The van der Waals surface area contributed by atoms with Crippen LogP contribution in [0.1, 0.15) is 80.4 Å². The number of hydrogen-bond acceptors (Lipinski definition) is 5. The zero-order valence-corrected chi connectivity index (χ0v) is 22.4. The van der Waals surface area contributed by atoms with E-state index in [2.05, 4.69) is 32.9 Å². The van der Waals surface area contributed by atoms with Crippen LogP contribution in [-0.4, -0.2) is 44.4 Å². The number of carbonyl (C=O) groups is 1. The van der Waals surface area contributed by atoms with Crippen molar-refractivity contribution in [1.82, 2.24) is 4.90 Å². The fourth-order valence-corrected chi connectivity index (χ4v) is 5.16. The number of aliphatic hydroxyl groups excluding tert-OH is 1. The maximum atomic E-state index is 13.2. The number of allylic oxidation sites excluding steroid dienone is 4. The highest BCUT2D eigenvalue weighted by Crippen LogP contribution is 2.46. The van der Waals surface area contributed by atoms with Gasteiger partial charge in [-0.3, -0.25) is 4.79 Å². The average molecular weight is 506 g/mol. The van der Waals surface area contributed by atoms with Gasteiger partial charge in [-0.2, -0.15) is 0 Å². The van der Waals surface area contributed by atoms with Crippen LogP contribution < -0.4 is 4.74 Å². The van der Waals surface area contributed by atoms with Gasteiger partial charge in [0.2, 0.25) is 0 Å². The summed E-state index contributed by atoms with van der Waals surface area (Å²) < 4.78 is 6.47. The van der Waals surface area contributed by atoms with Gasteiger partial charge >= 0.3 is 0 Å². The van der Waals surface area contributed by atoms with Crippen molar-refractivity contribution in [1.29, 1.82) is 0 Å². The van der Waals surface area contributed by atoms with E-state index in [1.165, 1.54) is 17.2 Å². The van der Waals surface area contributed by atoms with E-state index in [0.717, 1.165) is 30.4 Å². The molecule has 0 saturated carbocycles. The molecule has 2 aliphatic heterocycles. The second-order valence-electron chi connectivity index (χ2n) is 10.9. The van der Waals surface area contributed by atoms with Gasteiger partial charge in [-0.25, -0.2) is 0 Å². The number of aromatic hydroxyl groups is 2. The molecule has 6 heteroatoms. The van der Waals surface area contributed by atoms with E-state index < -0.39 is 11.7 Å². The van der Waals surface area contributed by atoms with Gasteiger partial charge in [0.25, 0.3) is 5.91 Å². The minimum atomic E-state index is -0.812. The molecule has 37 heavy (non-hydrogen) atoms. The number of phenolic OH excluding ortho intramolecular Hbond substituents is 2. The van der Waals surface area contributed by atoms with Crippen molar-refractivity contribution in [2.24, 2.45) is 0 Å². The molecule has 0 spiro atoms. The average Bonchev–Trinajstić information content (AvgIpc) is 3.15. The van der Waals surface area contributed by atoms with E-state index in [1.807, 2.05) is 19.1 Å². The molecule has 6 nitrogen and oxygen atoms in total. The highest BCUT2D eigenvalue weighted by atomic mass is 16.5. The molecule has 1 amide bonds. The molecule has 0 unspecified atom stereocenters. The maximum absolute atomic E-state index is 13.2. The lowest BCUT2D eigenvalue weighted by Crippen LogP contribution is -2.49. The number of aliphatic hydroxyl groups is 1. The van der Waals surface area contributed by atoms with Gasteiger partial charge in [-0.1, -0.05) is 35.4 Å². The summed E-state index contributed by atoms with van der Waals surface area (Å²) in [5.74, 6) is 0.636. The smallest absolute Gasteiger partial charge is 0.254 e. The fraction of sp³-hybridized carbons (Fsp3) is 0.452. The second kappa shape index (κ2) is 11.0. The molecule has 2 aromatic carbocycles. The first-order valence-corrected chi connectivity index (χ1v) is 13.2. The van der Waals surface area contributed by atoms with Crippen LogP contribution in [0.5, 0.6) is 17.2 Å². The Morgan fingerprint density at radius 2 is 1.84 bits per heavy atom. The minimum Gasteiger partial charge on any atom is -0.508 e. The number of ether oxygens (including phenoxy) is 1. The Hall–Kier alpha value is -3.25. The minimum absolute atomic E-state index is 0.00130. The summed E-state index contributed by atoms with van der Waals surface area (Å²) in [4.78, 5) is 14.9. The fourth-order valence-electron chi connectivity index (χ4n) is 5.16. The monoisotopic (exact) mass is 505 g/mol. The third-order valence-corrected chi connectivity index (χ3v) is 7.60. The molecule has 0 saturated heterocycles. The topological polar surface area (TPSA) is 90.2 Å². The molecule has 4 rings (SSSR count). The largest absolute Gasteiger partial charge is 0.508 e. The number of nitrogens with zero attached hydrogens (tertiary/aromatic N) is 1. The Morgan fingerprint density at radius 1 is 1.11 bits per heavy atom. The Labute approximate surface area is 219 Å². The van der Waals surface area contributed by atoms with Gasteiger partial charge in [-0.05, 0) is 83.6 Å². The van der Waals surface area contributed by atoms with E-state index >= 15 is 0 Å². The summed E-state index contributed by atoms with van der Waals surface area (Å²) >= 11 is 0. The molecule has 2 heterocycles. The third-order valence-electron chi connectivity index (χ3n) is 7.60. The van der Waals surface area contributed by atoms with Crippen LogP contribution in [0.2, 0.25) is 0 Å². The van der Waals surface area contributed by atoms with Crippen LogP contribution in [-0.2, 0) is 19.4 Å². The number of carbonyl (C=O) groups excluding carboxylic acids is 1. The van der Waals surface area contributed by atoms with Crippen LogP contribution in [0.4, 0.5) is 0 Å². The summed E-state index contributed by atoms with van der Waals surface area (Å²) in [6.07, 6.45) is 8.10. The number of hydrogen-bond donors (Lipinski definition) is 3. The zero-order chi connectivity index (χ0) is 26.7. The summed E-state index contributed by atoms with van der Waals surface area (Å²) in [7, 11) is 0. The lowest BCUT2D eigenvalue weighted by atomic mass is 9.84. The Bertz CT molecular complexity index is 1210. The number of benzene rings is 2. The lowest BCUT2D eigenvalue weighted by molar-refractivity contribution is -0.0599. The molecule has 2 aromatic rings. The van der Waals surface area contributed by atoms with Crippen molar-refractivity contribution >= 4 is 5.91 Å². The first-order valence-electron chi connectivity index (χ1n) is 13.2. The van der Waals surface area contributed by atoms with Crippen molar-refractivity contribution in [3.8, 4) is 17.2 Å². The molecule has 3 N–H and O–H groups in total. The first-order chi connectivity index (χ1) is 17.6. The number of amides is 1. The Balaban J connectivity index is 1.47. The molecule has 0 aliphatic carbocycles. The SMILES string of the molecule is CC(C)=CCC/C(C)=C/CC[C@@]1(C)Oc2c(c(O)cc3c2CN(CCc2ccc(O)cc2)C3=O)C[C@H]1O. The van der Waals surface area contributed by atoms with Gasteiger partial charge in [0.05, 0.1) is 18.2 Å². The van der Waals surface area contributed by atoms with Gasteiger partial charge in [0.1, 0.15) is 22.8 Å². The summed E-state index contributed by atoms with van der Waals surface area (Å²) in [6.45, 7) is 9.20. The molecular formula is C31H39NO5. The van der Waals surface area contributed by atoms with E-state index in [4.69, 9.17) is 4.74 Å². The maximum Gasteiger partial charge on any atom is 0.254 e. The van der Waals surface area contributed by atoms with Crippen molar-refractivity contribution < 1.29 is 24.9 Å². The standard InChI is InChI=1S/C31H39NO5/c1-20(2)7-5-8-21(3)9-6-15-31(4)28(35)18-25-27(34)17-24-26(29(25)37-31)19-32(30(24)36)16-14-22-10-12-23(33)13-11-22/h7,9-13,17,28,33-35H,5-6,8,14-16,18-19H2,1-4H3/b21-9+/t28-,31-/m1/s1. The summed E-state index contributed by atoms with van der Waals surface area (Å²) in [6, 6.07) is 8.51. The number of phenols is 2. The Morgan fingerprint density at radius 3 is 2.54 bits per heavy atom. The highest BCUT2D eigenvalue weighted by Gasteiger charge is 2.44. The molecule has 198 valence electrons. The highest BCUT2D eigenvalue weighted by molar-refractivity contribution is 6.00. The van der Waals surface area contributed by atoms with Crippen LogP contribution >= 0.6 is 0 Å². The predicted molar refractivity (Wildman–Crippen MR) is 145 cm³/mol. The normalized spacial score (nSPS) is 20.9. The van der Waals surface area contributed by atoms with Crippen LogP contribution in [0, 0.1) is 0 Å². The van der Waals surface area contributed by atoms with Crippen molar-refractivity contribution in [2.75, 3.05) is 6.54 Å². The first kappa shape index (κ1) is 26.8. The number of fused-ring (bicyclic) bond motifs is 3. The quantitative estimate of drug-likeness (QED) is 0.374. The van der Waals surface area contributed by atoms with Crippen LogP contribution in [0.15, 0.2) is 53.6 Å². The molecule has 0 radical (unpaired) electrons. The summed E-state index contributed by atoms with van der Waals surface area (Å²) in [5, 5.41) is 31.2. The molecule has 0 aromatic heterocycles. The van der Waals surface area contributed by atoms with Gasteiger partial charge < -0.3 is 25.0 Å². The van der Waals surface area contributed by atoms with Gasteiger partial charge in [-0.15, -0.1) is 0 Å². The molecule has 0 fully saturated rings. The van der Waals surface area contributed by atoms with Crippen molar-refractivity contribution in [2.45, 2.75) is 84.5 Å². The van der Waals surface area contributed by atoms with E-state index in [-0.39, 0.29) is 23.8 Å². The van der Waals surface area contributed by atoms with Crippen LogP contribution in [0.25, 0.3) is 0 Å². The molecule has 2 aliphatic rings. The molecule has 2 atom stereocenters. The zero-order valence-electron chi connectivity index (χ0n) is 22.4. The van der Waals surface area contributed by atoms with E-state index in [0.29, 0.717) is 42.8 Å². The van der Waals surface area contributed by atoms with E-state index in [1.54, 1.807) is 17.0 Å². The second-order valence-corrected chi connectivity index (χ2v) is 10.9. The van der Waals surface area contributed by atoms with Crippen LogP contribution in [0.3, 0.4) is 0 Å². The third kappa shape index (κ3) is 6.02. The van der Waals surface area contributed by atoms with E-state index in [9.17, 15) is 20.1 Å². The number of rotatable bonds is 9. The lowest BCUT2D eigenvalue weighted by Gasteiger charge is -2.40. The molecule has 0 bridgehead atoms. The van der Waals surface area contributed by atoms with Gasteiger partial charge in [0.15, 0.2) is 0 Å². The summed E-state index contributed by atoms with van der Waals surface area (Å²) in [5.41, 5.74) is 4.69. The molecular weight excluding hydrogens is 466 g/mol. The Kier molecular flexibility index (Phi) is 7.98. The van der Waals surface area contributed by atoms with Crippen molar-refractivity contribution in [3.05, 3.63) is 75.9 Å². The van der Waals surface area contributed by atoms with Crippen molar-refractivity contribution in [3.63, 3.8) is 0 Å². The predicted octanol–water partition coefficient (Wildman–Crippen LogP) is 5.82.